The fourth-order valence-electron chi connectivity index (χ4n) is 1.44. The largest absolute Gasteiger partial charge is 0.313 e. The van der Waals surface area contributed by atoms with Gasteiger partial charge in [-0.05, 0) is 25.1 Å². The molecular weight excluding hydrogens is 232 g/mol. The lowest BCUT2D eigenvalue weighted by Gasteiger charge is -2.09. The van der Waals surface area contributed by atoms with Gasteiger partial charge < -0.3 is 0 Å². The van der Waals surface area contributed by atoms with E-state index in [2.05, 4.69) is 15.8 Å². The summed E-state index contributed by atoms with van der Waals surface area (Å²) in [6.07, 6.45) is 0. The maximum atomic E-state index is 10.8. The Morgan fingerprint density at radius 1 is 1.11 bits per heavy atom. The third kappa shape index (κ3) is 2.73. The summed E-state index contributed by atoms with van der Waals surface area (Å²) in [5.74, 6) is 0.198. The Labute approximate surface area is 104 Å². The molecule has 0 bridgehead atoms. The van der Waals surface area contributed by atoms with Crippen LogP contribution in [0.3, 0.4) is 0 Å². The molecule has 0 aliphatic carbocycles. The summed E-state index contributed by atoms with van der Waals surface area (Å²) in [5, 5.41) is 10.8. The summed E-state index contributed by atoms with van der Waals surface area (Å²) < 4.78 is 0. The fraction of sp³-hybridized carbons (Fsp3) is 0.0833. The predicted octanol–water partition coefficient (Wildman–Crippen LogP) is 2.74. The molecule has 6 nitrogen and oxygen atoms in total. The highest BCUT2D eigenvalue weighted by Gasteiger charge is 2.14. The van der Waals surface area contributed by atoms with E-state index in [1.54, 1.807) is 13.0 Å². The van der Waals surface area contributed by atoms with Crippen molar-refractivity contribution in [2.45, 2.75) is 6.92 Å². The molecule has 0 saturated carbocycles. The second-order valence-corrected chi connectivity index (χ2v) is 3.69. The number of aromatic nitrogens is 1. The van der Waals surface area contributed by atoms with Crippen LogP contribution in [0.5, 0.6) is 0 Å². The molecule has 2 rings (SSSR count). The number of hydrogen-bond acceptors (Lipinski definition) is 5. The average Bonchev–Trinajstić information content (AvgIpc) is 2.37. The molecular formula is C12H12N4O2. The maximum Gasteiger partial charge on any atom is 0.313 e. The van der Waals surface area contributed by atoms with Crippen molar-refractivity contribution in [1.82, 2.24) is 4.98 Å². The summed E-state index contributed by atoms with van der Waals surface area (Å²) in [6.45, 7) is 1.78. The fourth-order valence-corrected chi connectivity index (χ4v) is 1.44. The number of aryl methyl sites for hydroxylation is 1. The quantitative estimate of drug-likeness (QED) is 0.638. The molecule has 0 aliphatic heterocycles. The Morgan fingerprint density at radius 2 is 1.83 bits per heavy atom. The van der Waals surface area contributed by atoms with Crippen molar-refractivity contribution in [3.63, 3.8) is 0 Å². The number of nitrogens with one attached hydrogen (secondary N) is 2. The SMILES string of the molecule is Cc1ccc([N+](=O)[O-])c(NNc2ccccc2)n1. The molecule has 0 saturated heterocycles. The van der Waals surface area contributed by atoms with E-state index in [4.69, 9.17) is 0 Å². The van der Waals surface area contributed by atoms with Crippen LogP contribution in [-0.2, 0) is 0 Å². The summed E-state index contributed by atoms with van der Waals surface area (Å²) in [6, 6.07) is 12.3. The van der Waals surface area contributed by atoms with Crippen LogP contribution < -0.4 is 10.9 Å². The number of hydrazine groups is 1. The molecule has 0 amide bonds. The van der Waals surface area contributed by atoms with E-state index in [1.165, 1.54) is 6.07 Å². The van der Waals surface area contributed by atoms with E-state index < -0.39 is 4.92 Å². The highest BCUT2D eigenvalue weighted by Crippen LogP contribution is 2.21. The Morgan fingerprint density at radius 3 is 2.50 bits per heavy atom. The number of rotatable bonds is 4. The molecule has 0 unspecified atom stereocenters. The van der Waals surface area contributed by atoms with E-state index in [0.29, 0.717) is 5.69 Å². The van der Waals surface area contributed by atoms with Crippen molar-refractivity contribution in [3.8, 4) is 0 Å². The van der Waals surface area contributed by atoms with Gasteiger partial charge in [0.25, 0.3) is 0 Å². The molecule has 0 radical (unpaired) electrons. The summed E-state index contributed by atoms with van der Waals surface area (Å²) in [5.41, 5.74) is 7.06. The van der Waals surface area contributed by atoms with E-state index >= 15 is 0 Å². The third-order valence-electron chi connectivity index (χ3n) is 2.31. The molecule has 1 heterocycles. The number of hydrogen-bond donors (Lipinski definition) is 2. The first-order chi connectivity index (χ1) is 8.66. The van der Waals surface area contributed by atoms with Gasteiger partial charge in [-0.3, -0.25) is 21.0 Å². The van der Waals surface area contributed by atoms with Crippen molar-refractivity contribution in [2.24, 2.45) is 0 Å². The molecule has 18 heavy (non-hydrogen) atoms. The van der Waals surface area contributed by atoms with E-state index in [0.717, 1.165) is 5.69 Å². The molecule has 2 N–H and O–H groups in total. The second kappa shape index (κ2) is 5.13. The Hall–Kier alpha value is -2.63. The van der Waals surface area contributed by atoms with Crippen molar-refractivity contribution >= 4 is 17.2 Å². The molecule has 2 aromatic rings. The van der Waals surface area contributed by atoms with Crippen LogP contribution in [0.25, 0.3) is 0 Å². The van der Waals surface area contributed by atoms with Crippen molar-refractivity contribution in [1.29, 1.82) is 0 Å². The van der Waals surface area contributed by atoms with Crippen LogP contribution in [0.15, 0.2) is 42.5 Å². The minimum atomic E-state index is -0.471. The second-order valence-electron chi connectivity index (χ2n) is 3.69. The minimum Gasteiger partial charge on any atom is -0.299 e. The minimum absolute atomic E-state index is 0.0657. The van der Waals surface area contributed by atoms with E-state index in [1.807, 2.05) is 30.3 Å². The van der Waals surface area contributed by atoms with Crippen molar-refractivity contribution < 1.29 is 4.92 Å². The van der Waals surface area contributed by atoms with Gasteiger partial charge in [0.1, 0.15) is 0 Å². The number of anilines is 2. The van der Waals surface area contributed by atoms with E-state index in [-0.39, 0.29) is 11.5 Å². The number of nitrogens with zero attached hydrogens (tertiary/aromatic N) is 2. The molecule has 0 spiro atoms. The topological polar surface area (TPSA) is 80.1 Å². The van der Waals surface area contributed by atoms with Gasteiger partial charge >= 0.3 is 5.69 Å². The van der Waals surface area contributed by atoms with Crippen LogP contribution >= 0.6 is 0 Å². The maximum absolute atomic E-state index is 10.8. The highest BCUT2D eigenvalue weighted by atomic mass is 16.6. The molecule has 0 fully saturated rings. The van der Waals surface area contributed by atoms with Crippen LogP contribution in [0, 0.1) is 17.0 Å². The average molecular weight is 244 g/mol. The lowest BCUT2D eigenvalue weighted by molar-refractivity contribution is -0.384. The number of nitro groups is 1. The Balaban J connectivity index is 2.18. The molecule has 6 heteroatoms. The third-order valence-corrected chi connectivity index (χ3v) is 2.31. The van der Waals surface area contributed by atoms with Crippen LogP contribution in [0.2, 0.25) is 0 Å². The Kier molecular flexibility index (Phi) is 3.38. The standard InChI is InChI=1S/C12H12N4O2/c1-9-7-8-11(16(17)18)12(13-9)15-14-10-5-3-2-4-6-10/h2-8,14H,1H3,(H,13,15). The predicted molar refractivity (Wildman–Crippen MR) is 69.3 cm³/mol. The first kappa shape index (κ1) is 11.8. The van der Waals surface area contributed by atoms with Crippen LogP contribution in [0.4, 0.5) is 17.2 Å². The lowest BCUT2D eigenvalue weighted by Crippen LogP contribution is -2.12. The molecule has 1 aromatic heterocycles. The number of pyridine rings is 1. The zero-order valence-corrected chi connectivity index (χ0v) is 9.75. The zero-order valence-electron chi connectivity index (χ0n) is 9.75. The number of para-hydroxylation sites is 1. The van der Waals surface area contributed by atoms with Gasteiger partial charge in [0.2, 0.25) is 5.82 Å². The molecule has 92 valence electrons. The molecule has 1 aromatic carbocycles. The van der Waals surface area contributed by atoms with E-state index in [9.17, 15) is 10.1 Å². The summed E-state index contributed by atoms with van der Waals surface area (Å²) >= 11 is 0. The molecule has 0 aliphatic rings. The lowest BCUT2D eigenvalue weighted by atomic mass is 10.3. The van der Waals surface area contributed by atoms with Crippen LogP contribution in [-0.4, -0.2) is 9.91 Å². The smallest absolute Gasteiger partial charge is 0.299 e. The first-order valence-corrected chi connectivity index (χ1v) is 5.36. The van der Waals surface area contributed by atoms with Gasteiger partial charge in [-0.15, -0.1) is 0 Å². The molecule has 0 atom stereocenters. The number of benzene rings is 1. The summed E-state index contributed by atoms with van der Waals surface area (Å²) in [7, 11) is 0. The van der Waals surface area contributed by atoms with Gasteiger partial charge in [-0.25, -0.2) is 4.98 Å². The highest BCUT2D eigenvalue weighted by molar-refractivity contribution is 5.59. The monoisotopic (exact) mass is 244 g/mol. The van der Waals surface area contributed by atoms with Gasteiger partial charge in [0.15, 0.2) is 0 Å². The van der Waals surface area contributed by atoms with Gasteiger partial charge in [0.05, 0.1) is 10.6 Å². The van der Waals surface area contributed by atoms with Crippen LogP contribution in [0.1, 0.15) is 5.69 Å². The van der Waals surface area contributed by atoms with Crippen molar-refractivity contribution in [2.75, 3.05) is 10.9 Å². The normalized spacial score (nSPS) is 9.83. The van der Waals surface area contributed by atoms with Crippen molar-refractivity contribution in [3.05, 3.63) is 58.3 Å². The Bertz CT molecular complexity index is 557. The van der Waals surface area contributed by atoms with Gasteiger partial charge in [-0.1, -0.05) is 18.2 Å². The van der Waals surface area contributed by atoms with Gasteiger partial charge in [-0.2, -0.15) is 0 Å². The zero-order chi connectivity index (χ0) is 13.0. The van der Waals surface area contributed by atoms with Gasteiger partial charge in [0, 0.05) is 11.8 Å². The first-order valence-electron chi connectivity index (χ1n) is 5.36. The summed E-state index contributed by atoms with van der Waals surface area (Å²) in [4.78, 5) is 14.5.